The van der Waals surface area contributed by atoms with Crippen molar-refractivity contribution in [1.82, 2.24) is 15.5 Å². The largest absolute Gasteiger partial charge is 0.370 e. The van der Waals surface area contributed by atoms with E-state index in [1.165, 1.54) is 0 Å². The topological polar surface area (TPSA) is 67.4 Å². The van der Waals surface area contributed by atoms with E-state index in [0.717, 1.165) is 5.56 Å². The Kier molecular flexibility index (Phi) is 5.18. The number of nitrogens with one attached hydrogen (secondary N) is 1. The molecule has 1 aliphatic heterocycles. The summed E-state index contributed by atoms with van der Waals surface area (Å²) in [6.07, 6.45) is -0.131. The molecule has 2 heterocycles. The lowest BCUT2D eigenvalue weighted by Crippen LogP contribution is -2.39. The summed E-state index contributed by atoms with van der Waals surface area (Å²) in [5.74, 6) is 0.445. The van der Waals surface area contributed by atoms with Gasteiger partial charge in [0.2, 0.25) is 0 Å². The molecule has 126 valence electrons. The summed E-state index contributed by atoms with van der Waals surface area (Å²) in [5.41, 5.74) is 1.25. The standard InChI is InChI=1S/C16H16Cl2N4O2/c1-19-16(23)13-4-5-15(21-20-13)22-6-7-24-14(9-22)10-2-3-11(17)12(18)8-10/h2-5,8,14H,6-7,9H2,1H3,(H,19,23). The second-order valence-corrected chi connectivity index (χ2v) is 6.15. The van der Waals surface area contributed by atoms with E-state index in [0.29, 0.717) is 35.6 Å². The molecule has 2 aromatic rings. The molecule has 0 radical (unpaired) electrons. The van der Waals surface area contributed by atoms with Crippen molar-refractivity contribution in [1.29, 1.82) is 0 Å². The van der Waals surface area contributed by atoms with Crippen molar-refractivity contribution in [2.24, 2.45) is 0 Å². The van der Waals surface area contributed by atoms with Crippen LogP contribution in [-0.4, -0.2) is 42.8 Å². The first kappa shape index (κ1) is 17.0. The number of aromatic nitrogens is 2. The van der Waals surface area contributed by atoms with Crippen LogP contribution in [0.15, 0.2) is 30.3 Å². The second-order valence-electron chi connectivity index (χ2n) is 5.33. The van der Waals surface area contributed by atoms with Crippen molar-refractivity contribution in [2.75, 3.05) is 31.6 Å². The molecule has 1 unspecified atom stereocenters. The van der Waals surface area contributed by atoms with Crippen molar-refractivity contribution in [3.8, 4) is 0 Å². The van der Waals surface area contributed by atoms with E-state index >= 15 is 0 Å². The molecule has 1 fully saturated rings. The maximum absolute atomic E-state index is 11.5. The number of carbonyl (C=O) groups excluding carboxylic acids is 1. The number of morpholine rings is 1. The number of rotatable bonds is 3. The predicted molar refractivity (Wildman–Crippen MR) is 92.8 cm³/mol. The molecule has 1 amide bonds. The van der Waals surface area contributed by atoms with Gasteiger partial charge in [0, 0.05) is 20.1 Å². The maximum Gasteiger partial charge on any atom is 0.271 e. The monoisotopic (exact) mass is 366 g/mol. The minimum absolute atomic E-state index is 0.131. The summed E-state index contributed by atoms with van der Waals surface area (Å²) in [7, 11) is 1.56. The van der Waals surface area contributed by atoms with Crippen molar-refractivity contribution in [3.63, 3.8) is 0 Å². The van der Waals surface area contributed by atoms with Gasteiger partial charge in [-0.1, -0.05) is 29.3 Å². The quantitative estimate of drug-likeness (QED) is 0.904. The first-order valence-electron chi connectivity index (χ1n) is 7.46. The molecule has 1 saturated heterocycles. The summed E-state index contributed by atoms with van der Waals surface area (Å²) in [4.78, 5) is 13.6. The van der Waals surface area contributed by atoms with E-state index in [1.54, 1.807) is 25.2 Å². The minimum Gasteiger partial charge on any atom is -0.370 e. The van der Waals surface area contributed by atoms with Gasteiger partial charge in [0.25, 0.3) is 5.91 Å². The lowest BCUT2D eigenvalue weighted by molar-refractivity contribution is 0.0394. The first-order chi connectivity index (χ1) is 11.6. The Morgan fingerprint density at radius 1 is 1.25 bits per heavy atom. The third kappa shape index (κ3) is 3.61. The van der Waals surface area contributed by atoms with Gasteiger partial charge in [-0.2, -0.15) is 0 Å². The van der Waals surface area contributed by atoms with Crippen molar-refractivity contribution in [2.45, 2.75) is 6.10 Å². The summed E-state index contributed by atoms with van der Waals surface area (Å²) < 4.78 is 5.83. The van der Waals surface area contributed by atoms with Gasteiger partial charge in [-0.3, -0.25) is 4.79 Å². The second kappa shape index (κ2) is 7.34. The Balaban J connectivity index is 1.75. The highest BCUT2D eigenvalue weighted by atomic mass is 35.5. The maximum atomic E-state index is 11.5. The summed E-state index contributed by atoms with van der Waals surface area (Å²) >= 11 is 12.0. The molecule has 1 aliphatic rings. The van der Waals surface area contributed by atoms with E-state index in [9.17, 15) is 4.79 Å². The zero-order valence-corrected chi connectivity index (χ0v) is 14.5. The van der Waals surface area contributed by atoms with Crippen molar-refractivity contribution >= 4 is 34.9 Å². The number of benzene rings is 1. The average molecular weight is 367 g/mol. The molecule has 6 nitrogen and oxygen atoms in total. The van der Waals surface area contributed by atoms with E-state index < -0.39 is 0 Å². The summed E-state index contributed by atoms with van der Waals surface area (Å²) in [6, 6.07) is 8.93. The lowest BCUT2D eigenvalue weighted by Gasteiger charge is -2.33. The zero-order valence-electron chi connectivity index (χ0n) is 13.0. The fraction of sp³-hybridized carbons (Fsp3) is 0.312. The molecule has 1 atom stereocenters. The van der Waals surface area contributed by atoms with Gasteiger partial charge in [0.05, 0.1) is 16.7 Å². The van der Waals surface area contributed by atoms with Gasteiger partial charge in [-0.05, 0) is 29.8 Å². The number of hydrogen-bond donors (Lipinski definition) is 1. The Morgan fingerprint density at radius 3 is 2.75 bits per heavy atom. The normalized spacial score (nSPS) is 17.6. The first-order valence-corrected chi connectivity index (χ1v) is 8.21. The van der Waals surface area contributed by atoms with E-state index in [-0.39, 0.29) is 17.7 Å². The predicted octanol–water partition coefficient (Wildman–Crippen LogP) is 2.72. The van der Waals surface area contributed by atoms with Crippen molar-refractivity contribution < 1.29 is 9.53 Å². The van der Waals surface area contributed by atoms with Crippen LogP contribution in [0.1, 0.15) is 22.2 Å². The van der Waals surface area contributed by atoms with Gasteiger partial charge in [0.15, 0.2) is 11.5 Å². The van der Waals surface area contributed by atoms with Gasteiger partial charge < -0.3 is 15.0 Å². The highest BCUT2D eigenvalue weighted by molar-refractivity contribution is 6.42. The Bertz CT molecular complexity index is 739. The highest BCUT2D eigenvalue weighted by Gasteiger charge is 2.24. The van der Waals surface area contributed by atoms with Crippen molar-refractivity contribution in [3.05, 3.63) is 51.6 Å². The van der Waals surface area contributed by atoms with Gasteiger partial charge in [-0.15, -0.1) is 10.2 Å². The van der Waals surface area contributed by atoms with Crippen LogP contribution < -0.4 is 10.2 Å². The zero-order chi connectivity index (χ0) is 17.1. The molecule has 0 saturated carbocycles. The number of carbonyl (C=O) groups is 1. The third-order valence-electron chi connectivity index (χ3n) is 3.82. The van der Waals surface area contributed by atoms with Crippen LogP contribution in [0.3, 0.4) is 0 Å². The number of ether oxygens (including phenoxy) is 1. The molecule has 1 aromatic heterocycles. The van der Waals surface area contributed by atoms with Gasteiger partial charge in [0.1, 0.15) is 6.10 Å². The summed E-state index contributed by atoms with van der Waals surface area (Å²) in [6.45, 7) is 1.88. The lowest BCUT2D eigenvalue weighted by atomic mass is 10.1. The SMILES string of the molecule is CNC(=O)c1ccc(N2CCOC(c3ccc(Cl)c(Cl)c3)C2)nn1. The number of halogens is 2. The average Bonchev–Trinajstić information content (AvgIpc) is 2.63. The fourth-order valence-corrected chi connectivity index (χ4v) is 2.82. The Labute approximate surface area is 149 Å². The molecule has 1 N–H and O–H groups in total. The van der Waals surface area contributed by atoms with Crippen LogP contribution in [-0.2, 0) is 4.74 Å². The molecular formula is C16H16Cl2N4O2. The van der Waals surface area contributed by atoms with Crippen LogP contribution in [0.2, 0.25) is 10.0 Å². The molecule has 8 heteroatoms. The molecule has 24 heavy (non-hydrogen) atoms. The van der Waals surface area contributed by atoms with Gasteiger partial charge in [-0.25, -0.2) is 0 Å². The number of amides is 1. The van der Waals surface area contributed by atoms with Gasteiger partial charge >= 0.3 is 0 Å². The van der Waals surface area contributed by atoms with E-state index in [1.807, 2.05) is 12.1 Å². The molecule has 1 aromatic carbocycles. The highest BCUT2D eigenvalue weighted by Crippen LogP contribution is 2.30. The van der Waals surface area contributed by atoms with Crippen LogP contribution in [0.4, 0.5) is 5.82 Å². The number of anilines is 1. The Morgan fingerprint density at radius 2 is 2.08 bits per heavy atom. The van der Waals surface area contributed by atoms with Crippen LogP contribution in [0.5, 0.6) is 0 Å². The third-order valence-corrected chi connectivity index (χ3v) is 4.56. The molecule has 0 bridgehead atoms. The minimum atomic E-state index is -0.260. The van der Waals surface area contributed by atoms with E-state index in [4.69, 9.17) is 27.9 Å². The molecule has 0 aliphatic carbocycles. The molecule has 3 rings (SSSR count). The number of nitrogens with zero attached hydrogens (tertiary/aromatic N) is 3. The number of hydrogen-bond acceptors (Lipinski definition) is 5. The van der Waals surface area contributed by atoms with Crippen LogP contribution >= 0.6 is 23.2 Å². The fourth-order valence-electron chi connectivity index (χ4n) is 2.51. The Hall–Kier alpha value is -1.89. The smallest absolute Gasteiger partial charge is 0.271 e. The summed E-state index contributed by atoms with van der Waals surface area (Å²) in [5, 5.41) is 11.7. The van der Waals surface area contributed by atoms with Crippen LogP contribution in [0, 0.1) is 0 Å². The molecule has 0 spiro atoms. The van der Waals surface area contributed by atoms with E-state index in [2.05, 4.69) is 20.4 Å². The molecular weight excluding hydrogens is 351 g/mol. The van der Waals surface area contributed by atoms with Crippen LogP contribution in [0.25, 0.3) is 0 Å².